The Labute approximate surface area is 149 Å². The van der Waals surface area contributed by atoms with E-state index in [1.807, 2.05) is 39.2 Å². The van der Waals surface area contributed by atoms with Crippen LogP contribution in [-0.4, -0.2) is 41.1 Å². The highest BCUT2D eigenvalue weighted by Gasteiger charge is 2.33. The Balaban J connectivity index is 2.07. The molecule has 0 fully saturated rings. The maximum absolute atomic E-state index is 13.3. The number of nitrogens with zero attached hydrogens (tertiary/aromatic N) is 2. The number of methoxy groups -OCH3 is 1. The Morgan fingerprint density at radius 1 is 1.20 bits per heavy atom. The Hall–Kier alpha value is -2.05. The van der Waals surface area contributed by atoms with Gasteiger partial charge in [0.25, 0.3) is 10.0 Å². The number of rotatable bonds is 5. The molecule has 0 aromatic heterocycles. The van der Waals surface area contributed by atoms with Gasteiger partial charge in [0, 0.05) is 13.1 Å². The first-order chi connectivity index (χ1) is 11.8. The van der Waals surface area contributed by atoms with Crippen molar-refractivity contribution in [3.05, 3.63) is 53.1 Å². The number of hydrogen-bond donors (Lipinski definition) is 0. The van der Waals surface area contributed by atoms with Crippen LogP contribution in [-0.2, 0) is 23.0 Å². The predicted octanol–water partition coefficient (Wildman–Crippen LogP) is 2.82. The third-order valence-corrected chi connectivity index (χ3v) is 6.29. The maximum Gasteiger partial charge on any atom is 0.268 e. The second-order valence-corrected chi connectivity index (χ2v) is 8.46. The van der Waals surface area contributed by atoms with Crippen LogP contribution < -0.4 is 9.04 Å². The molecule has 1 aliphatic rings. The number of aryl methyl sites for hydroxylation is 1. The molecular formula is C19H24N2O3S. The summed E-state index contributed by atoms with van der Waals surface area (Å²) in [6, 6.07) is 11.1. The summed E-state index contributed by atoms with van der Waals surface area (Å²) in [5.41, 5.74) is 3.96. The summed E-state index contributed by atoms with van der Waals surface area (Å²) >= 11 is 0. The fourth-order valence-electron chi connectivity index (χ4n) is 3.32. The summed E-state index contributed by atoms with van der Waals surface area (Å²) in [5, 5.41) is 0. The zero-order valence-electron chi connectivity index (χ0n) is 15.1. The lowest BCUT2D eigenvalue weighted by atomic mass is 10.0. The van der Waals surface area contributed by atoms with E-state index in [-0.39, 0.29) is 4.90 Å². The molecule has 1 heterocycles. The molecule has 6 heteroatoms. The zero-order chi connectivity index (χ0) is 18.2. The van der Waals surface area contributed by atoms with Gasteiger partial charge in [0.2, 0.25) is 0 Å². The van der Waals surface area contributed by atoms with Crippen molar-refractivity contribution in [3.63, 3.8) is 0 Å². The van der Waals surface area contributed by atoms with Crippen LogP contribution in [0.25, 0.3) is 0 Å². The Bertz CT molecular complexity index is 892. The summed E-state index contributed by atoms with van der Waals surface area (Å²) in [7, 11) is 1.86. The van der Waals surface area contributed by atoms with Gasteiger partial charge in [0.1, 0.15) is 10.6 Å². The fourth-order valence-corrected chi connectivity index (χ4v) is 5.06. The van der Waals surface area contributed by atoms with Crippen molar-refractivity contribution in [2.24, 2.45) is 0 Å². The molecule has 0 aliphatic carbocycles. The average molecular weight is 360 g/mol. The normalized spacial score (nSPS) is 14.0. The highest BCUT2D eigenvalue weighted by molar-refractivity contribution is 7.93. The summed E-state index contributed by atoms with van der Waals surface area (Å²) in [6.07, 6.45) is 0.729. The van der Waals surface area contributed by atoms with Crippen LogP contribution >= 0.6 is 0 Å². The van der Waals surface area contributed by atoms with Gasteiger partial charge in [0.05, 0.1) is 12.8 Å². The van der Waals surface area contributed by atoms with Gasteiger partial charge in [-0.3, -0.25) is 4.31 Å². The standard InChI is InChI=1S/C19H24N2O3S/c1-14-8-9-18(24-4)19(12-14)25(22,23)21-11-10-16-15(13-20(2)3)6-5-7-17(16)21/h5-9,12H,10-11,13H2,1-4H3. The predicted molar refractivity (Wildman–Crippen MR) is 99.8 cm³/mol. The summed E-state index contributed by atoms with van der Waals surface area (Å²) in [4.78, 5) is 2.32. The van der Waals surface area contributed by atoms with Crippen LogP contribution in [0.15, 0.2) is 41.3 Å². The number of ether oxygens (including phenoxy) is 1. The minimum absolute atomic E-state index is 0.223. The van der Waals surface area contributed by atoms with E-state index in [4.69, 9.17) is 4.74 Å². The third-order valence-electron chi connectivity index (χ3n) is 4.46. The molecule has 25 heavy (non-hydrogen) atoms. The molecule has 5 nitrogen and oxygen atoms in total. The molecule has 0 saturated carbocycles. The van der Waals surface area contributed by atoms with Gasteiger partial charge in [-0.15, -0.1) is 0 Å². The molecule has 0 saturated heterocycles. The molecule has 0 atom stereocenters. The van der Waals surface area contributed by atoms with Gasteiger partial charge in [-0.25, -0.2) is 8.42 Å². The van der Waals surface area contributed by atoms with Gasteiger partial charge in [-0.05, 0) is 62.3 Å². The third kappa shape index (κ3) is 3.24. The lowest BCUT2D eigenvalue weighted by Crippen LogP contribution is -2.29. The molecular weight excluding hydrogens is 336 g/mol. The molecule has 0 spiro atoms. The molecule has 1 aliphatic heterocycles. The van der Waals surface area contributed by atoms with Crippen LogP contribution in [0.1, 0.15) is 16.7 Å². The highest BCUT2D eigenvalue weighted by Crippen LogP contribution is 2.37. The summed E-state index contributed by atoms with van der Waals surface area (Å²) < 4.78 is 33.4. The Morgan fingerprint density at radius 2 is 1.96 bits per heavy atom. The quantitative estimate of drug-likeness (QED) is 0.823. The van der Waals surface area contributed by atoms with Crippen molar-refractivity contribution in [1.29, 1.82) is 0 Å². The lowest BCUT2D eigenvalue weighted by molar-refractivity contribution is 0.401. The monoisotopic (exact) mass is 360 g/mol. The van der Waals surface area contributed by atoms with Crippen LogP contribution in [0.3, 0.4) is 0 Å². The van der Waals surface area contributed by atoms with Crippen molar-refractivity contribution >= 4 is 15.7 Å². The first-order valence-electron chi connectivity index (χ1n) is 8.27. The van der Waals surface area contributed by atoms with Crippen LogP contribution in [0, 0.1) is 6.92 Å². The molecule has 0 bridgehead atoms. The van der Waals surface area contributed by atoms with E-state index in [2.05, 4.69) is 11.0 Å². The van der Waals surface area contributed by atoms with Crippen LogP contribution in [0.2, 0.25) is 0 Å². The largest absolute Gasteiger partial charge is 0.495 e. The van der Waals surface area contributed by atoms with E-state index in [9.17, 15) is 8.42 Å². The van der Waals surface area contributed by atoms with E-state index in [1.54, 1.807) is 12.1 Å². The molecule has 0 amide bonds. The first kappa shape index (κ1) is 17.8. The molecule has 0 N–H and O–H groups in total. The molecule has 3 rings (SSSR count). The smallest absolute Gasteiger partial charge is 0.268 e. The van der Waals surface area contributed by atoms with Gasteiger partial charge in [-0.2, -0.15) is 0 Å². The number of sulfonamides is 1. The van der Waals surface area contributed by atoms with E-state index >= 15 is 0 Å². The van der Waals surface area contributed by atoms with Gasteiger partial charge in [-0.1, -0.05) is 18.2 Å². The van der Waals surface area contributed by atoms with E-state index < -0.39 is 10.0 Å². The van der Waals surface area contributed by atoms with Crippen molar-refractivity contribution in [3.8, 4) is 5.75 Å². The van der Waals surface area contributed by atoms with Crippen molar-refractivity contribution in [2.75, 3.05) is 32.1 Å². The second-order valence-electron chi connectivity index (χ2n) is 6.63. The van der Waals surface area contributed by atoms with E-state index in [0.29, 0.717) is 12.3 Å². The molecule has 0 unspecified atom stereocenters. The molecule has 2 aromatic carbocycles. The minimum Gasteiger partial charge on any atom is -0.495 e. The van der Waals surface area contributed by atoms with Gasteiger partial charge in [0.15, 0.2) is 0 Å². The van der Waals surface area contributed by atoms with Crippen LogP contribution in [0.5, 0.6) is 5.75 Å². The highest BCUT2D eigenvalue weighted by atomic mass is 32.2. The number of hydrogen-bond acceptors (Lipinski definition) is 4. The van der Waals surface area contributed by atoms with E-state index in [0.717, 1.165) is 29.8 Å². The lowest BCUT2D eigenvalue weighted by Gasteiger charge is -2.22. The fraction of sp³-hybridized carbons (Fsp3) is 0.368. The van der Waals surface area contributed by atoms with E-state index in [1.165, 1.54) is 17.0 Å². The molecule has 0 radical (unpaired) electrons. The summed E-state index contributed by atoms with van der Waals surface area (Å²) in [5.74, 6) is 0.378. The summed E-state index contributed by atoms with van der Waals surface area (Å²) in [6.45, 7) is 3.13. The Kier molecular flexibility index (Phi) is 4.75. The number of fused-ring (bicyclic) bond motifs is 1. The van der Waals surface area contributed by atoms with Crippen molar-refractivity contribution in [2.45, 2.75) is 24.8 Å². The SMILES string of the molecule is COc1ccc(C)cc1S(=O)(=O)N1CCc2c(CN(C)C)cccc21. The molecule has 2 aromatic rings. The Morgan fingerprint density at radius 3 is 2.64 bits per heavy atom. The average Bonchev–Trinajstić information content (AvgIpc) is 3.00. The zero-order valence-corrected chi connectivity index (χ0v) is 15.9. The van der Waals surface area contributed by atoms with Crippen molar-refractivity contribution in [1.82, 2.24) is 4.90 Å². The first-order valence-corrected chi connectivity index (χ1v) is 9.71. The number of anilines is 1. The maximum atomic E-state index is 13.3. The second kappa shape index (κ2) is 6.69. The topological polar surface area (TPSA) is 49.9 Å². The van der Waals surface area contributed by atoms with Gasteiger partial charge >= 0.3 is 0 Å². The molecule has 134 valence electrons. The van der Waals surface area contributed by atoms with Gasteiger partial charge < -0.3 is 9.64 Å². The van der Waals surface area contributed by atoms with Crippen molar-refractivity contribution < 1.29 is 13.2 Å². The number of benzene rings is 2. The minimum atomic E-state index is -3.67. The van der Waals surface area contributed by atoms with Crippen LogP contribution in [0.4, 0.5) is 5.69 Å².